The van der Waals surface area contributed by atoms with E-state index in [1.807, 2.05) is 41.1 Å². The lowest BCUT2D eigenvalue weighted by Gasteiger charge is -2.27. The van der Waals surface area contributed by atoms with E-state index in [4.69, 9.17) is 19.3 Å². The maximum atomic E-state index is 13.5. The average molecular weight is 529 g/mol. The summed E-state index contributed by atoms with van der Waals surface area (Å²) in [6, 6.07) is 14.6. The Morgan fingerprint density at radius 2 is 1.72 bits per heavy atom. The van der Waals surface area contributed by atoms with Crippen LogP contribution in [-0.4, -0.2) is 74.1 Å². The fourth-order valence-electron chi connectivity index (χ4n) is 4.75. The van der Waals surface area contributed by atoms with E-state index in [1.165, 1.54) is 0 Å². The zero-order valence-electron chi connectivity index (χ0n) is 22.4. The van der Waals surface area contributed by atoms with Gasteiger partial charge in [0.2, 0.25) is 0 Å². The largest absolute Gasteiger partial charge is 0.493 e. The number of aryl methyl sites for hydroxylation is 1. The van der Waals surface area contributed by atoms with Gasteiger partial charge in [0, 0.05) is 42.6 Å². The maximum Gasteiger partial charge on any atom is 0.278 e. The van der Waals surface area contributed by atoms with Crippen LogP contribution in [0, 0.1) is 0 Å². The number of methoxy groups -OCH3 is 2. The van der Waals surface area contributed by atoms with Crippen molar-refractivity contribution in [2.45, 2.75) is 12.8 Å². The van der Waals surface area contributed by atoms with Crippen molar-refractivity contribution in [2.24, 2.45) is 0 Å². The van der Waals surface area contributed by atoms with Gasteiger partial charge in [0.1, 0.15) is 0 Å². The van der Waals surface area contributed by atoms with Gasteiger partial charge in [-0.1, -0.05) is 12.2 Å². The second-order valence-corrected chi connectivity index (χ2v) is 9.34. The van der Waals surface area contributed by atoms with E-state index in [9.17, 15) is 9.59 Å². The number of hydrogen-bond donors (Lipinski definition) is 0. The van der Waals surface area contributed by atoms with Crippen LogP contribution in [0.3, 0.4) is 0 Å². The lowest BCUT2D eigenvalue weighted by atomic mass is 10.1. The van der Waals surface area contributed by atoms with E-state index in [0.29, 0.717) is 54.7 Å². The van der Waals surface area contributed by atoms with Crippen molar-refractivity contribution < 1.29 is 23.8 Å². The quantitative estimate of drug-likeness (QED) is 0.480. The van der Waals surface area contributed by atoms with Crippen LogP contribution in [0.5, 0.6) is 11.5 Å². The van der Waals surface area contributed by atoms with Gasteiger partial charge in [0.05, 0.1) is 33.1 Å². The van der Waals surface area contributed by atoms with Crippen LogP contribution in [0.15, 0.2) is 66.8 Å². The van der Waals surface area contributed by atoms with E-state index in [-0.39, 0.29) is 11.8 Å². The molecule has 1 fully saturated rings. The molecule has 0 atom stereocenters. The Labute approximate surface area is 227 Å². The predicted octanol–water partition coefficient (Wildman–Crippen LogP) is 4.04. The van der Waals surface area contributed by atoms with Crippen LogP contribution in [0.4, 0.5) is 5.69 Å². The Morgan fingerprint density at radius 1 is 0.974 bits per heavy atom. The molecule has 0 radical (unpaired) electrons. The number of aromatic nitrogens is 2. The second kappa shape index (κ2) is 11.6. The fourth-order valence-corrected chi connectivity index (χ4v) is 4.75. The third-order valence-electron chi connectivity index (χ3n) is 6.97. The van der Waals surface area contributed by atoms with Crippen LogP contribution in [0.25, 0.3) is 5.70 Å². The highest BCUT2D eigenvalue weighted by molar-refractivity contribution is 6.05. The molecule has 1 aromatic heterocycles. The minimum Gasteiger partial charge on any atom is -0.493 e. The highest BCUT2D eigenvalue weighted by Crippen LogP contribution is 2.32. The minimum atomic E-state index is -0.235. The van der Waals surface area contributed by atoms with Crippen LogP contribution in [0.1, 0.15) is 38.5 Å². The third-order valence-corrected chi connectivity index (χ3v) is 6.97. The van der Waals surface area contributed by atoms with E-state index in [2.05, 4.69) is 6.08 Å². The average Bonchev–Trinajstić information content (AvgIpc) is 3.39. The van der Waals surface area contributed by atoms with Crippen molar-refractivity contribution in [2.75, 3.05) is 52.5 Å². The molecule has 3 heterocycles. The summed E-state index contributed by atoms with van der Waals surface area (Å²) in [4.78, 5) is 29.6. The maximum absolute atomic E-state index is 13.5. The highest BCUT2D eigenvalue weighted by atomic mass is 16.5. The molecule has 1 saturated heterocycles. The molecule has 9 nitrogen and oxygen atoms in total. The zero-order valence-corrected chi connectivity index (χ0v) is 22.4. The number of rotatable bonds is 6. The molecule has 0 unspecified atom stereocenters. The molecular formula is C30H32N4O5. The van der Waals surface area contributed by atoms with Gasteiger partial charge in [-0.2, -0.15) is 5.10 Å². The summed E-state index contributed by atoms with van der Waals surface area (Å²) >= 11 is 0. The van der Waals surface area contributed by atoms with Gasteiger partial charge >= 0.3 is 0 Å². The van der Waals surface area contributed by atoms with Crippen molar-refractivity contribution in [3.05, 3.63) is 89.3 Å². The molecule has 2 aliphatic heterocycles. The molecule has 0 bridgehead atoms. The molecule has 0 saturated carbocycles. The standard InChI is InChI=1S/C30H32N4O5/c1-32(23-12-9-21(10-13-23)29(35)33-15-17-39-18-16-33)30(36)25-20-24-7-5-4-6-8-26(34(24)31-25)22-11-14-27(37-2)28(19-22)38-3/h4,6,8-14,19-20H,5,7,15-18H2,1-3H3/b6-4-,26-8-. The Kier molecular flexibility index (Phi) is 7.79. The Hall–Kier alpha value is -4.37. The molecule has 5 rings (SSSR count). The van der Waals surface area contributed by atoms with Crippen LogP contribution in [0.2, 0.25) is 0 Å². The van der Waals surface area contributed by atoms with E-state index < -0.39 is 0 Å². The first-order chi connectivity index (χ1) is 19.0. The Bertz CT molecular complexity index is 1420. The summed E-state index contributed by atoms with van der Waals surface area (Å²) in [6.45, 7) is 2.27. The molecule has 9 heteroatoms. The number of amides is 2. The molecule has 0 N–H and O–H groups in total. The Morgan fingerprint density at radius 3 is 2.44 bits per heavy atom. The number of ether oxygens (including phenoxy) is 3. The monoisotopic (exact) mass is 528 g/mol. The molecule has 39 heavy (non-hydrogen) atoms. The Balaban J connectivity index is 1.39. The summed E-state index contributed by atoms with van der Waals surface area (Å²) in [5, 5.41) is 4.74. The molecule has 202 valence electrons. The summed E-state index contributed by atoms with van der Waals surface area (Å²) in [5.74, 6) is 0.984. The first-order valence-electron chi connectivity index (χ1n) is 12.9. The van der Waals surface area contributed by atoms with E-state index >= 15 is 0 Å². The molecule has 2 amide bonds. The molecule has 0 aliphatic carbocycles. The topological polar surface area (TPSA) is 86.1 Å². The normalized spacial score (nSPS) is 17.2. The number of anilines is 1. The molecule has 2 aromatic carbocycles. The molecule has 3 aromatic rings. The molecule has 0 spiro atoms. The first-order valence-corrected chi connectivity index (χ1v) is 12.9. The van der Waals surface area contributed by atoms with Crippen LogP contribution < -0.4 is 14.4 Å². The first kappa shape index (κ1) is 26.2. The van der Waals surface area contributed by atoms with Gasteiger partial charge in [-0.15, -0.1) is 0 Å². The van der Waals surface area contributed by atoms with Crippen molar-refractivity contribution in [1.29, 1.82) is 0 Å². The van der Waals surface area contributed by atoms with E-state index in [0.717, 1.165) is 29.8 Å². The smallest absolute Gasteiger partial charge is 0.278 e. The van der Waals surface area contributed by atoms with E-state index in [1.54, 1.807) is 55.3 Å². The number of fused-ring (bicyclic) bond motifs is 1. The number of nitrogens with zero attached hydrogens (tertiary/aromatic N) is 4. The number of benzene rings is 2. The fraction of sp³-hybridized carbons (Fsp3) is 0.300. The van der Waals surface area contributed by atoms with Crippen molar-refractivity contribution in [1.82, 2.24) is 14.7 Å². The van der Waals surface area contributed by atoms with Crippen LogP contribution >= 0.6 is 0 Å². The zero-order chi connectivity index (χ0) is 27.4. The number of carbonyl (C=O) groups excluding carboxylic acids is 2. The minimum absolute atomic E-state index is 0.0316. The van der Waals surface area contributed by atoms with Crippen molar-refractivity contribution in [3.63, 3.8) is 0 Å². The molecule has 2 aliphatic rings. The van der Waals surface area contributed by atoms with Crippen molar-refractivity contribution >= 4 is 23.2 Å². The van der Waals surface area contributed by atoms with Gasteiger partial charge in [-0.3, -0.25) is 9.59 Å². The number of carbonyl (C=O) groups is 2. The third kappa shape index (κ3) is 5.44. The van der Waals surface area contributed by atoms with Gasteiger partial charge in [-0.25, -0.2) is 4.68 Å². The predicted molar refractivity (Wildman–Crippen MR) is 149 cm³/mol. The number of allylic oxidation sites excluding steroid dienone is 3. The highest BCUT2D eigenvalue weighted by Gasteiger charge is 2.23. The van der Waals surface area contributed by atoms with Gasteiger partial charge < -0.3 is 24.0 Å². The van der Waals surface area contributed by atoms with Gasteiger partial charge in [-0.05, 0) is 67.4 Å². The summed E-state index contributed by atoms with van der Waals surface area (Å²) in [7, 11) is 4.92. The van der Waals surface area contributed by atoms with Gasteiger partial charge in [0.15, 0.2) is 17.2 Å². The molecular weight excluding hydrogens is 496 g/mol. The SMILES string of the molecule is COc1ccc(/C2=C/C=C\CCc3cc(C(=O)N(C)c4ccc(C(=O)N5CCOCC5)cc4)nn32)cc1OC. The summed E-state index contributed by atoms with van der Waals surface area (Å²) < 4.78 is 18.1. The van der Waals surface area contributed by atoms with Crippen LogP contribution in [-0.2, 0) is 11.2 Å². The second-order valence-electron chi connectivity index (χ2n) is 9.34. The lowest BCUT2D eigenvalue weighted by Crippen LogP contribution is -2.40. The number of morpholine rings is 1. The summed E-state index contributed by atoms with van der Waals surface area (Å²) in [5.41, 5.74) is 4.25. The van der Waals surface area contributed by atoms with Gasteiger partial charge in [0.25, 0.3) is 11.8 Å². The summed E-state index contributed by atoms with van der Waals surface area (Å²) in [6.07, 6.45) is 7.67. The lowest BCUT2D eigenvalue weighted by molar-refractivity contribution is 0.0303. The number of hydrogen-bond acceptors (Lipinski definition) is 6. The van der Waals surface area contributed by atoms with Crippen molar-refractivity contribution in [3.8, 4) is 11.5 Å².